The molecule has 0 amide bonds. The first-order valence-corrected chi connectivity index (χ1v) is 9.40. The molecule has 2 atom stereocenters. The number of Topliss-reactive ketones (excluding diaryl/α,β-unsaturated/α-hetero) is 1. The third kappa shape index (κ3) is 5.33. The molecule has 172 valence electrons. The largest absolute Gasteiger partial charge is 0.430 e. The summed E-state index contributed by atoms with van der Waals surface area (Å²) in [6.45, 7) is 4.28. The Morgan fingerprint density at radius 2 is 1.37 bits per heavy atom. The van der Waals surface area contributed by atoms with Gasteiger partial charge in [0.2, 0.25) is 0 Å². The first kappa shape index (κ1) is 26.4. The summed E-state index contributed by atoms with van der Waals surface area (Å²) in [5.41, 5.74) is -6.14. The number of hydrogen-bond donors (Lipinski definition) is 2. The predicted molar refractivity (Wildman–Crippen MR) is 97.2 cm³/mol. The molecule has 2 N–H and O–H groups in total. The highest BCUT2D eigenvalue weighted by molar-refractivity contribution is 5.99. The SMILES string of the molecule is CCC(O)COC(c1cc(C)c(C(=O)CC(O)CC)c(C)c1)(C(F)(F)F)C(F)(F)F. The average molecular weight is 444 g/mol. The molecule has 0 spiro atoms. The number of hydrogen-bond acceptors (Lipinski definition) is 4. The second kappa shape index (κ2) is 9.65. The van der Waals surface area contributed by atoms with Crippen molar-refractivity contribution in [2.24, 2.45) is 0 Å². The van der Waals surface area contributed by atoms with Crippen LogP contribution in [0.1, 0.15) is 60.2 Å². The number of aryl methyl sites for hydroxylation is 2. The molecular formula is C20H26F6O4. The van der Waals surface area contributed by atoms with E-state index in [0.717, 1.165) is 0 Å². The fourth-order valence-electron chi connectivity index (χ4n) is 3.14. The maximum absolute atomic E-state index is 13.8. The van der Waals surface area contributed by atoms with Gasteiger partial charge >= 0.3 is 12.4 Å². The number of rotatable bonds is 9. The van der Waals surface area contributed by atoms with E-state index in [1.807, 2.05) is 0 Å². The van der Waals surface area contributed by atoms with E-state index in [9.17, 15) is 41.4 Å². The molecule has 2 unspecified atom stereocenters. The standard InChI is InChI=1S/C20H26F6O4/c1-5-14(27)9-16(29)17-11(3)7-13(8-12(17)4)18(19(21,22)23,20(24,25)26)30-10-15(28)6-2/h7-8,14-15,27-28H,5-6,9-10H2,1-4H3. The smallest absolute Gasteiger partial charge is 0.393 e. The summed E-state index contributed by atoms with van der Waals surface area (Å²) in [5, 5.41) is 19.2. The first-order valence-electron chi connectivity index (χ1n) is 9.40. The summed E-state index contributed by atoms with van der Waals surface area (Å²) < 4.78 is 87.3. The van der Waals surface area contributed by atoms with Crippen LogP contribution in [0, 0.1) is 13.8 Å². The van der Waals surface area contributed by atoms with Gasteiger partial charge < -0.3 is 14.9 Å². The number of carbonyl (C=O) groups is 1. The van der Waals surface area contributed by atoms with Gasteiger partial charge in [-0.05, 0) is 37.8 Å². The van der Waals surface area contributed by atoms with Crippen LogP contribution in [0.4, 0.5) is 26.3 Å². The maximum atomic E-state index is 13.8. The van der Waals surface area contributed by atoms with Gasteiger partial charge in [-0.15, -0.1) is 0 Å². The van der Waals surface area contributed by atoms with Crippen molar-refractivity contribution in [2.75, 3.05) is 6.61 Å². The number of benzene rings is 1. The highest BCUT2D eigenvalue weighted by Gasteiger charge is 2.73. The Kier molecular flexibility index (Phi) is 8.49. The van der Waals surface area contributed by atoms with Crippen LogP contribution in [0.2, 0.25) is 0 Å². The van der Waals surface area contributed by atoms with Crippen LogP contribution in [0.5, 0.6) is 0 Å². The quantitative estimate of drug-likeness (QED) is 0.426. The van der Waals surface area contributed by atoms with E-state index >= 15 is 0 Å². The Morgan fingerprint density at radius 1 is 0.933 bits per heavy atom. The van der Waals surface area contributed by atoms with Gasteiger partial charge in [-0.3, -0.25) is 4.79 Å². The molecule has 0 aromatic heterocycles. The van der Waals surface area contributed by atoms with E-state index < -0.39 is 48.1 Å². The van der Waals surface area contributed by atoms with Crippen molar-refractivity contribution in [1.82, 2.24) is 0 Å². The number of halogens is 6. The van der Waals surface area contributed by atoms with E-state index in [-0.39, 0.29) is 36.0 Å². The van der Waals surface area contributed by atoms with Crippen molar-refractivity contribution >= 4 is 5.78 Å². The highest BCUT2D eigenvalue weighted by atomic mass is 19.4. The predicted octanol–water partition coefficient (Wildman–Crippen LogP) is 4.75. The summed E-state index contributed by atoms with van der Waals surface area (Å²) in [6, 6.07) is 1.25. The van der Waals surface area contributed by atoms with E-state index in [4.69, 9.17) is 0 Å². The molecule has 1 aromatic rings. The number of ketones is 1. The minimum Gasteiger partial charge on any atom is -0.393 e. The van der Waals surface area contributed by atoms with Crippen molar-refractivity contribution in [3.05, 3.63) is 34.4 Å². The van der Waals surface area contributed by atoms with Gasteiger partial charge in [-0.1, -0.05) is 26.0 Å². The molecule has 0 aliphatic rings. The van der Waals surface area contributed by atoms with Gasteiger partial charge in [-0.25, -0.2) is 0 Å². The molecule has 0 aliphatic carbocycles. The number of aliphatic hydroxyl groups is 2. The third-order valence-corrected chi connectivity index (χ3v) is 4.87. The topological polar surface area (TPSA) is 66.8 Å². The Balaban J connectivity index is 3.64. The number of carbonyl (C=O) groups excluding carboxylic acids is 1. The van der Waals surface area contributed by atoms with Crippen LogP contribution >= 0.6 is 0 Å². The zero-order valence-corrected chi connectivity index (χ0v) is 17.1. The molecule has 0 saturated heterocycles. The normalized spacial score (nSPS) is 15.2. The zero-order chi connectivity index (χ0) is 23.5. The molecule has 0 saturated carbocycles. The summed E-state index contributed by atoms with van der Waals surface area (Å²) >= 11 is 0. The van der Waals surface area contributed by atoms with Crippen molar-refractivity contribution in [2.45, 2.75) is 77.1 Å². The summed E-state index contributed by atoms with van der Waals surface area (Å²) in [6.07, 6.45) is -14.4. The lowest BCUT2D eigenvalue weighted by atomic mass is 9.85. The Bertz CT molecular complexity index is 705. The molecular weight excluding hydrogens is 418 g/mol. The minimum absolute atomic E-state index is 0.0434. The second-order valence-electron chi connectivity index (χ2n) is 7.22. The van der Waals surface area contributed by atoms with Crippen molar-refractivity contribution in [3.8, 4) is 0 Å². The van der Waals surface area contributed by atoms with Gasteiger partial charge in [0.15, 0.2) is 5.78 Å². The van der Waals surface area contributed by atoms with Crippen LogP contribution in [0.25, 0.3) is 0 Å². The summed E-state index contributed by atoms with van der Waals surface area (Å²) in [7, 11) is 0. The molecule has 0 radical (unpaired) electrons. The Morgan fingerprint density at radius 3 is 1.73 bits per heavy atom. The van der Waals surface area contributed by atoms with Crippen LogP contribution < -0.4 is 0 Å². The van der Waals surface area contributed by atoms with Crippen molar-refractivity contribution < 1.29 is 46.1 Å². The van der Waals surface area contributed by atoms with E-state index in [1.54, 1.807) is 6.92 Å². The van der Waals surface area contributed by atoms with Crippen LogP contribution in [-0.2, 0) is 10.3 Å². The fraction of sp³-hybridized carbons (Fsp3) is 0.650. The lowest BCUT2D eigenvalue weighted by Crippen LogP contribution is -2.56. The molecule has 0 fully saturated rings. The van der Waals surface area contributed by atoms with E-state index in [0.29, 0.717) is 12.1 Å². The van der Waals surface area contributed by atoms with Gasteiger partial charge in [-0.2, -0.15) is 26.3 Å². The summed E-state index contributed by atoms with van der Waals surface area (Å²) in [4.78, 5) is 12.4. The summed E-state index contributed by atoms with van der Waals surface area (Å²) in [5.74, 6) is -0.585. The van der Waals surface area contributed by atoms with Crippen LogP contribution in [0.15, 0.2) is 12.1 Å². The average Bonchev–Trinajstić information content (AvgIpc) is 2.58. The molecule has 0 heterocycles. The van der Waals surface area contributed by atoms with E-state index in [2.05, 4.69) is 4.74 Å². The lowest BCUT2D eigenvalue weighted by molar-refractivity contribution is -0.392. The highest BCUT2D eigenvalue weighted by Crippen LogP contribution is 2.53. The Hall–Kier alpha value is -1.65. The molecule has 4 nitrogen and oxygen atoms in total. The lowest BCUT2D eigenvalue weighted by Gasteiger charge is -2.38. The number of aliphatic hydroxyl groups excluding tert-OH is 2. The van der Waals surface area contributed by atoms with Crippen molar-refractivity contribution in [1.29, 1.82) is 0 Å². The zero-order valence-electron chi connectivity index (χ0n) is 17.1. The van der Waals surface area contributed by atoms with Crippen LogP contribution in [-0.4, -0.2) is 47.2 Å². The van der Waals surface area contributed by atoms with Gasteiger partial charge in [0.1, 0.15) is 0 Å². The van der Waals surface area contributed by atoms with Gasteiger partial charge in [0, 0.05) is 17.5 Å². The minimum atomic E-state index is -5.89. The Labute approximate surface area is 170 Å². The van der Waals surface area contributed by atoms with Gasteiger partial charge in [0.25, 0.3) is 5.60 Å². The number of alkyl halides is 6. The third-order valence-electron chi connectivity index (χ3n) is 4.87. The maximum Gasteiger partial charge on any atom is 0.430 e. The van der Waals surface area contributed by atoms with E-state index in [1.165, 1.54) is 20.8 Å². The van der Waals surface area contributed by atoms with Crippen molar-refractivity contribution in [3.63, 3.8) is 0 Å². The second-order valence-corrected chi connectivity index (χ2v) is 7.22. The van der Waals surface area contributed by atoms with Crippen LogP contribution in [0.3, 0.4) is 0 Å². The molecule has 1 rings (SSSR count). The first-order chi connectivity index (χ1) is 13.6. The molecule has 1 aromatic carbocycles. The number of ether oxygens (including phenoxy) is 1. The molecule has 30 heavy (non-hydrogen) atoms. The fourth-order valence-corrected chi connectivity index (χ4v) is 3.14. The molecule has 10 heteroatoms. The monoisotopic (exact) mass is 444 g/mol. The molecule has 0 aliphatic heterocycles. The van der Waals surface area contributed by atoms with Gasteiger partial charge in [0.05, 0.1) is 18.8 Å². The molecule has 0 bridgehead atoms.